The predicted octanol–water partition coefficient (Wildman–Crippen LogP) is 4.92. The number of aromatic hydroxyl groups is 1. The summed E-state index contributed by atoms with van der Waals surface area (Å²) >= 11 is 0. The lowest BCUT2D eigenvalue weighted by molar-refractivity contribution is -0.374. The van der Waals surface area contributed by atoms with Crippen molar-refractivity contribution in [1.29, 1.82) is 0 Å². The van der Waals surface area contributed by atoms with Gasteiger partial charge in [0.25, 0.3) is 5.70 Å². The minimum absolute atomic E-state index is 0.00550. The first kappa shape index (κ1) is 22.1. The van der Waals surface area contributed by atoms with Gasteiger partial charge < -0.3 is 14.7 Å². The second-order valence-corrected chi connectivity index (χ2v) is 7.42. The molecule has 160 valence electrons. The number of hydrogen-bond donors (Lipinski definition) is 1. The lowest BCUT2D eigenvalue weighted by Crippen LogP contribution is -2.15. The molecule has 6 nitrogen and oxygen atoms in total. The van der Waals surface area contributed by atoms with Crippen molar-refractivity contribution < 1.29 is 14.8 Å². The van der Waals surface area contributed by atoms with E-state index in [0.717, 1.165) is 18.7 Å². The maximum absolute atomic E-state index is 12.1. The molecule has 0 aliphatic rings. The number of ether oxygens (including phenoxy) is 1. The third kappa shape index (κ3) is 5.93. The Hall–Kier alpha value is -3.64. The van der Waals surface area contributed by atoms with Gasteiger partial charge in [0, 0.05) is 6.54 Å². The van der Waals surface area contributed by atoms with Crippen LogP contribution < -0.4 is 4.74 Å². The topological polar surface area (TPSA) is 75.8 Å². The van der Waals surface area contributed by atoms with Gasteiger partial charge in [-0.1, -0.05) is 42.5 Å². The monoisotopic (exact) mass is 418 g/mol. The summed E-state index contributed by atoms with van der Waals surface area (Å²) in [5.41, 5.74) is 2.34. The van der Waals surface area contributed by atoms with Crippen LogP contribution in [0.1, 0.15) is 23.1 Å². The van der Waals surface area contributed by atoms with Gasteiger partial charge in [-0.05, 0) is 68.0 Å². The quantitative estimate of drug-likeness (QED) is 0.231. The van der Waals surface area contributed by atoms with E-state index in [0.29, 0.717) is 28.9 Å². The first-order valence-corrected chi connectivity index (χ1v) is 10.1. The van der Waals surface area contributed by atoms with Crippen LogP contribution in [0.15, 0.2) is 78.9 Å². The molecule has 1 N–H and O–H groups in total. The zero-order valence-corrected chi connectivity index (χ0v) is 17.7. The Morgan fingerprint density at radius 3 is 2.03 bits per heavy atom. The number of phenolic OH excluding ortho intramolecular Hbond substituents is 1. The molecule has 3 aromatic carbocycles. The van der Waals surface area contributed by atoms with Crippen LogP contribution in [-0.4, -0.2) is 42.2 Å². The van der Waals surface area contributed by atoms with Gasteiger partial charge in [0.05, 0.1) is 22.7 Å². The highest BCUT2D eigenvalue weighted by Crippen LogP contribution is 2.34. The zero-order valence-electron chi connectivity index (χ0n) is 17.7. The van der Waals surface area contributed by atoms with E-state index in [1.54, 1.807) is 36.4 Å². The van der Waals surface area contributed by atoms with Gasteiger partial charge >= 0.3 is 0 Å². The second-order valence-electron chi connectivity index (χ2n) is 7.42. The summed E-state index contributed by atoms with van der Waals surface area (Å²) in [4.78, 5) is 13.9. The normalized spacial score (nSPS) is 11.8. The Kier molecular flexibility index (Phi) is 7.40. The Morgan fingerprint density at radius 2 is 1.48 bits per heavy atom. The molecule has 0 atom stereocenters. The van der Waals surface area contributed by atoms with E-state index in [-0.39, 0.29) is 16.4 Å². The molecule has 31 heavy (non-hydrogen) atoms. The fourth-order valence-electron chi connectivity index (χ4n) is 3.29. The predicted molar refractivity (Wildman–Crippen MR) is 123 cm³/mol. The number of phenols is 1. The first-order chi connectivity index (χ1) is 15.0. The third-order valence-corrected chi connectivity index (χ3v) is 4.78. The minimum Gasteiger partial charge on any atom is -0.508 e. The maximum Gasteiger partial charge on any atom is 0.284 e. The highest BCUT2D eigenvalue weighted by molar-refractivity contribution is 5.95. The largest absolute Gasteiger partial charge is 0.508 e. The molecule has 0 aliphatic carbocycles. The molecule has 0 aromatic heterocycles. The summed E-state index contributed by atoms with van der Waals surface area (Å²) < 4.78 is 5.80. The number of nitro groups is 1. The molecule has 0 saturated heterocycles. The van der Waals surface area contributed by atoms with Crippen LogP contribution in [0.4, 0.5) is 0 Å². The Balaban J connectivity index is 2.01. The van der Waals surface area contributed by atoms with Crippen molar-refractivity contribution in [2.45, 2.75) is 6.42 Å². The van der Waals surface area contributed by atoms with Crippen molar-refractivity contribution in [3.8, 4) is 11.5 Å². The Labute approximate surface area is 182 Å². The number of rotatable bonds is 9. The average Bonchev–Trinajstić information content (AvgIpc) is 2.76. The van der Waals surface area contributed by atoms with E-state index in [1.807, 2.05) is 44.4 Å². The van der Waals surface area contributed by atoms with Gasteiger partial charge in [-0.15, -0.1) is 0 Å². The summed E-state index contributed by atoms with van der Waals surface area (Å²) in [6.45, 7) is 1.54. The molecule has 0 bridgehead atoms. The molecule has 0 amide bonds. The third-order valence-electron chi connectivity index (χ3n) is 4.78. The highest BCUT2D eigenvalue weighted by Gasteiger charge is 2.24. The number of hydrogen-bond acceptors (Lipinski definition) is 5. The number of benzene rings is 3. The summed E-state index contributed by atoms with van der Waals surface area (Å²) in [5.74, 6) is 0.821. The zero-order chi connectivity index (χ0) is 22.2. The van der Waals surface area contributed by atoms with Crippen LogP contribution in [0.25, 0.3) is 11.3 Å². The molecule has 0 aliphatic heterocycles. The molecule has 0 radical (unpaired) electrons. The van der Waals surface area contributed by atoms with Crippen molar-refractivity contribution in [2.75, 3.05) is 27.2 Å². The Bertz CT molecular complexity index is 1030. The molecule has 0 spiro atoms. The Morgan fingerprint density at radius 1 is 0.903 bits per heavy atom. The standard InChI is InChI=1S/C25H26N2O4/c1-26(2)17-6-18-31-23-15-11-20(12-16-23)24(19-9-13-22(28)14-10-19)25(27(29)30)21-7-4-3-5-8-21/h3-5,7-16,28H,6,17-18H2,1-2H3/b25-24+. The van der Waals surface area contributed by atoms with Crippen LogP contribution in [0, 0.1) is 10.1 Å². The SMILES string of the molecule is CN(C)CCCOc1ccc(/C(=C(\c2ccccc2)[N+](=O)[O-])c2ccc(O)cc2)cc1. The van der Waals surface area contributed by atoms with Crippen LogP contribution in [0.5, 0.6) is 11.5 Å². The summed E-state index contributed by atoms with van der Waals surface area (Å²) in [5, 5.41) is 21.8. The van der Waals surface area contributed by atoms with E-state index in [1.165, 1.54) is 12.1 Å². The lowest BCUT2D eigenvalue weighted by atomic mass is 9.93. The average molecular weight is 418 g/mol. The van der Waals surface area contributed by atoms with Gasteiger partial charge in [0.2, 0.25) is 0 Å². The smallest absolute Gasteiger partial charge is 0.284 e. The van der Waals surface area contributed by atoms with Crippen LogP contribution in [-0.2, 0) is 0 Å². The van der Waals surface area contributed by atoms with Crippen molar-refractivity contribution in [1.82, 2.24) is 4.90 Å². The minimum atomic E-state index is -0.358. The van der Waals surface area contributed by atoms with Crippen LogP contribution in [0.3, 0.4) is 0 Å². The molecule has 0 fully saturated rings. The van der Waals surface area contributed by atoms with Crippen LogP contribution >= 0.6 is 0 Å². The fourth-order valence-corrected chi connectivity index (χ4v) is 3.29. The van der Waals surface area contributed by atoms with Crippen molar-refractivity contribution in [3.63, 3.8) is 0 Å². The van der Waals surface area contributed by atoms with Crippen LogP contribution in [0.2, 0.25) is 0 Å². The van der Waals surface area contributed by atoms with Gasteiger partial charge in [-0.2, -0.15) is 0 Å². The van der Waals surface area contributed by atoms with E-state index < -0.39 is 0 Å². The van der Waals surface area contributed by atoms with Crippen molar-refractivity contribution in [2.24, 2.45) is 0 Å². The number of nitrogens with zero attached hydrogens (tertiary/aromatic N) is 2. The van der Waals surface area contributed by atoms with Gasteiger partial charge in [0.15, 0.2) is 0 Å². The second kappa shape index (κ2) is 10.4. The summed E-state index contributed by atoms with van der Waals surface area (Å²) in [6, 6.07) is 22.6. The van der Waals surface area contributed by atoms with E-state index in [4.69, 9.17) is 4.74 Å². The highest BCUT2D eigenvalue weighted by atomic mass is 16.6. The lowest BCUT2D eigenvalue weighted by Gasteiger charge is -2.13. The van der Waals surface area contributed by atoms with Gasteiger partial charge in [-0.25, -0.2) is 0 Å². The molecule has 0 saturated carbocycles. The van der Waals surface area contributed by atoms with Gasteiger partial charge in [0.1, 0.15) is 11.5 Å². The fraction of sp³-hybridized carbons (Fsp3) is 0.200. The maximum atomic E-state index is 12.1. The van der Waals surface area contributed by atoms with Crippen molar-refractivity contribution >= 4 is 11.3 Å². The van der Waals surface area contributed by atoms with Crippen molar-refractivity contribution in [3.05, 3.63) is 106 Å². The summed E-state index contributed by atoms with van der Waals surface area (Å²) in [7, 11) is 4.04. The molecule has 0 unspecified atom stereocenters. The summed E-state index contributed by atoms with van der Waals surface area (Å²) in [6.07, 6.45) is 0.910. The molecule has 3 rings (SSSR count). The van der Waals surface area contributed by atoms with E-state index in [2.05, 4.69) is 4.90 Å². The first-order valence-electron chi connectivity index (χ1n) is 10.1. The molecule has 3 aromatic rings. The molecule has 0 heterocycles. The van der Waals surface area contributed by atoms with E-state index in [9.17, 15) is 15.2 Å². The van der Waals surface area contributed by atoms with E-state index >= 15 is 0 Å². The molecular weight excluding hydrogens is 392 g/mol. The molecule has 6 heteroatoms. The van der Waals surface area contributed by atoms with Gasteiger partial charge in [-0.3, -0.25) is 10.1 Å². The molecular formula is C25H26N2O4.